The molecule has 0 aliphatic heterocycles. The number of esters is 1. The summed E-state index contributed by atoms with van der Waals surface area (Å²) in [4.78, 5) is 20.8. The molecular formula is C16H29NO3. The van der Waals surface area contributed by atoms with Crippen LogP contribution in [0.5, 0.6) is 0 Å². The van der Waals surface area contributed by atoms with Crippen LogP contribution in [0.15, 0.2) is 24.3 Å². The molecule has 0 aliphatic rings. The topological polar surface area (TPSA) is 69.4 Å². The van der Waals surface area contributed by atoms with Crippen LogP contribution < -0.4 is 5.73 Å². The second-order valence-corrected chi connectivity index (χ2v) is 4.76. The molecule has 0 fully saturated rings. The SMILES string of the molecule is C=C(C)C(=O)OC.C=C(CCCCCCCC)C(N)=O. The van der Waals surface area contributed by atoms with E-state index in [1.54, 1.807) is 6.92 Å². The first-order chi connectivity index (χ1) is 9.36. The highest BCUT2D eigenvalue weighted by Gasteiger charge is 2.00. The zero-order valence-corrected chi connectivity index (χ0v) is 13.2. The highest BCUT2D eigenvalue weighted by atomic mass is 16.5. The summed E-state index contributed by atoms with van der Waals surface area (Å²) in [5.41, 5.74) is 6.06. The molecular weight excluding hydrogens is 254 g/mol. The second kappa shape index (κ2) is 13.8. The fraction of sp³-hybridized carbons (Fsp3) is 0.625. The van der Waals surface area contributed by atoms with Gasteiger partial charge in [0.25, 0.3) is 0 Å². The van der Waals surface area contributed by atoms with E-state index in [9.17, 15) is 9.59 Å². The van der Waals surface area contributed by atoms with Crippen molar-refractivity contribution < 1.29 is 14.3 Å². The molecule has 0 spiro atoms. The zero-order valence-electron chi connectivity index (χ0n) is 13.2. The Bertz CT molecular complexity index is 322. The van der Waals surface area contributed by atoms with Gasteiger partial charge in [0.2, 0.25) is 5.91 Å². The number of hydrogen-bond acceptors (Lipinski definition) is 3. The maximum atomic E-state index is 10.6. The van der Waals surface area contributed by atoms with Gasteiger partial charge in [-0.25, -0.2) is 4.79 Å². The van der Waals surface area contributed by atoms with E-state index in [-0.39, 0.29) is 11.9 Å². The van der Waals surface area contributed by atoms with Crippen molar-refractivity contribution in [2.45, 2.75) is 58.8 Å². The summed E-state index contributed by atoms with van der Waals surface area (Å²) in [7, 11) is 1.33. The number of ether oxygens (including phenoxy) is 1. The van der Waals surface area contributed by atoms with Gasteiger partial charge in [-0.05, 0) is 19.8 Å². The first-order valence-electron chi connectivity index (χ1n) is 7.08. The molecule has 0 aromatic rings. The standard InChI is InChI=1S/C11H21NO.C5H8O2/c1-3-4-5-6-7-8-9-10(2)11(12)13;1-4(2)5(6)7-3/h2-9H2,1H3,(H2,12,13);1H2,2-3H3. The molecule has 0 saturated carbocycles. The number of amides is 1. The lowest BCUT2D eigenvalue weighted by Gasteiger charge is -2.01. The quantitative estimate of drug-likeness (QED) is 0.400. The van der Waals surface area contributed by atoms with Crippen LogP contribution in [0.1, 0.15) is 58.8 Å². The van der Waals surface area contributed by atoms with Gasteiger partial charge in [-0.15, -0.1) is 0 Å². The molecule has 0 saturated heterocycles. The maximum absolute atomic E-state index is 10.6. The smallest absolute Gasteiger partial charge is 0.332 e. The molecule has 0 rings (SSSR count). The van der Waals surface area contributed by atoms with Crippen LogP contribution in [-0.2, 0) is 14.3 Å². The van der Waals surface area contributed by atoms with E-state index in [0.717, 1.165) is 12.8 Å². The fourth-order valence-electron chi connectivity index (χ4n) is 1.42. The average Bonchev–Trinajstić information content (AvgIpc) is 2.41. The van der Waals surface area contributed by atoms with E-state index >= 15 is 0 Å². The summed E-state index contributed by atoms with van der Waals surface area (Å²) in [6, 6.07) is 0. The van der Waals surface area contributed by atoms with Gasteiger partial charge in [0, 0.05) is 11.1 Å². The third kappa shape index (κ3) is 14.5. The van der Waals surface area contributed by atoms with Crippen molar-refractivity contribution in [3.8, 4) is 0 Å². The van der Waals surface area contributed by atoms with Gasteiger partial charge in [-0.3, -0.25) is 4.79 Å². The summed E-state index contributed by atoms with van der Waals surface area (Å²) in [6.07, 6.45) is 8.16. The minimum absolute atomic E-state index is 0.347. The van der Waals surface area contributed by atoms with Gasteiger partial charge in [-0.2, -0.15) is 0 Å². The zero-order chi connectivity index (χ0) is 16.0. The van der Waals surface area contributed by atoms with Crippen molar-refractivity contribution in [3.63, 3.8) is 0 Å². The Labute approximate surface area is 123 Å². The van der Waals surface area contributed by atoms with Gasteiger partial charge in [0.1, 0.15) is 0 Å². The predicted octanol–water partition coefficient (Wildman–Crippen LogP) is 3.51. The Morgan fingerprint density at radius 3 is 1.90 bits per heavy atom. The lowest BCUT2D eigenvalue weighted by Crippen LogP contribution is -2.12. The van der Waals surface area contributed by atoms with Crippen molar-refractivity contribution in [3.05, 3.63) is 24.3 Å². The Morgan fingerprint density at radius 2 is 1.55 bits per heavy atom. The summed E-state index contributed by atoms with van der Waals surface area (Å²) >= 11 is 0. The molecule has 0 aromatic heterocycles. The largest absolute Gasteiger partial charge is 0.466 e. The molecule has 2 N–H and O–H groups in total. The summed E-state index contributed by atoms with van der Waals surface area (Å²) < 4.78 is 4.27. The molecule has 0 unspecified atom stereocenters. The van der Waals surface area contributed by atoms with Crippen LogP contribution >= 0.6 is 0 Å². The van der Waals surface area contributed by atoms with Crippen molar-refractivity contribution in [2.75, 3.05) is 7.11 Å². The van der Waals surface area contributed by atoms with Crippen LogP contribution in [0.2, 0.25) is 0 Å². The molecule has 0 aromatic carbocycles. The van der Waals surface area contributed by atoms with Crippen molar-refractivity contribution in [1.82, 2.24) is 0 Å². The lowest BCUT2D eigenvalue weighted by molar-refractivity contribution is -0.136. The minimum Gasteiger partial charge on any atom is -0.466 e. The molecule has 4 heteroatoms. The van der Waals surface area contributed by atoms with Crippen LogP contribution in [0.3, 0.4) is 0 Å². The normalized spacial score (nSPS) is 9.15. The first kappa shape index (κ1) is 20.7. The Morgan fingerprint density at radius 1 is 1.05 bits per heavy atom. The number of nitrogens with two attached hydrogens (primary N) is 1. The number of rotatable bonds is 9. The van der Waals surface area contributed by atoms with Gasteiger partial charge < -0.3 is 10.5 Å². The van der Waals surface area contributed by atoms with E-state index in [0.29, 0.717) is 11.1 Å². The van der Waals surface area contributed by atoms with Gasteiger partial charge >= 0.3 is 5.97 Å². The average molecular weight is 283 g/mol. The Kier molecular flexibility index (Phi) is 14.3. The lowest BCUT2D eigenvalue weighted by atomic mass is 10.1. The van der Waals surface area contributed by atoms with E-state index in [1.807, 2.05) is 0 Å². The van der Waals surface area contributed by atoms with Gasteiger partial charge in [0.05, 0.1) is 7.11 Å². The summed E-state index contributed by atoms with van der Waals surface area (Å²) in [5.74, 6) is -0.700. The van der Waals surface area contributed by atoms with Gasteiger partial charge in [0.15, 0.2) is 0 Å². The molecule has 20 heavy (non-hydrogen) atoms. The van der Waals surface area contributed by atoms with Crippen LogP contribution in [0.4, 0.5) is 0 Å². The molecule has 0 atom stereocenters. The number of unbranched alkanes of at least 4 members (excludes halogenated alkanes) is 5. The Hall–Kier alpha value is -1.58. The maximum Gasteiger partial charge on any atom is 0.332 e. The molecule has 0 heterocycles. The summed E-state index contributed by atoms with van der Waals surface area (Å²) in [6.45, 7) is 10.8. The number of primary amides is 1. The Balaban J connectivity index is 0. The van der Waals surface area contributed by atoms with Crippen molar-refractivity contribution in [1.29, 1.82) is 0 Å². The summed E-state index contributed by atoms with van der Waals surface area (Å²) in [5, 5.41) is 0. The van der Waals surface area contributed by atoms with E-state index < -0.39 is 0 Å². The number of hydrogen-bond donors (Lipinski definition) is 1. The fourth-order valence-corrected chi connectivity index (χ4v) is 1.42. The highest BCUT2D eigenvalue weighted by molar-refractivity contribution is 5.91. The monoisotopic (exact) mass is 283 g/mol. The van der Waals surface area contributed by atoms with E-state index in [4.69, 9.17) is 5.73 Å². The minimum atomic E-state index is -0.353. The third-order valence-electron chi connectivity index (χ3n) is 2.71. The number of methoxy groups -OCH3 is 1. The highest BCUT2D eigenvalue weighted by Crippen LogP contribution is 2.10. The van der Waals surface area contributed by atoms with Crippen molar-refractivity contribution >= 4 is 11.9 Å². The first-order valence-corrected chi connectivity index (χ1v) is 7.08. The molecule has 116 valence electrons. The molecule has 0 bridgehead atoms. The molecule has 0 aliphatic carbocycles. The number of carbonyl (C=O) groups excluding carboxylic acids is 2. The van der Waals surface area contributed by atoms with Crippen LogP contribution in [-0.4, -0.2) is 19.0 Å². The van der Waals surface area contributed by atoms with Crippen molar-refractivity contribution in [2.24, 2.45) is 5.73 Å². The van der Waals surface area contributed by atoms with E-state index in [1.165, 1.54) is 39.2 Å². The van der Waals surface area contributed by atoms with Crippen LogP contribution in [0.25, 0.3) is 0 Å². The molecule has 4 nitrogen and oxygen atoms in total. The van der Waals surface area contributed by atoms with Gasteiger partial charge in [-0.1, -0.05) is 52.2 Å². The molecule has 1 amide bonds. The van der Waals surface area contributed by atoms with E-state index in [2.05, 4.69) is 24.8 Å². The third-order valence-corrected chi connectivity index (χ3v) is 2.71. The predicted molar refractivity (Wildman–Crippen MR) is 83.2 cm³/mol. The second-order valence-electron chi connectivity index (χ2n) is 4.76. The number of carbonyl (C=O) groups is 2. The van der Waals surface area contributed by atoms with Crippen LogP contribution in [0, 0.1) is 0 Å². The molecule has 0 radical (unpaired) electrons.